The average molecular weight is 1720 g/mol. The second kappa shape index (κ2) is 38.4. The zero-order valence-corrected chi connectivity index (χ0v) is 67.8. The first-order valence-corrected chi connectivity index (χ1v) is 43.5. The maximum Gasteiger partial charge on any atom is 0.169 e. The molecule has 8 saturated carbocycles. The molecule has 18 fully saturated rings. The van der Waals surface area contributed by atoms with Crippen LogP contribution in [0.4, 0.5) is 0 Å². The number of hydrogen-bond acceptors (Lipinski definition) is 31. The lowest BCUT2D eigenvalue weighted by Gasteiger charge is -2.54. The Labute approximate surface area is 702 Å². The van der Waals surface area contributed by atoms with E-state index in [2.05, 4.69) is 100 Å². The third-order valence-corrected chi connectivity index (χ3v) is 27.8. The van der Waals surface area contributed by atoms with Crippen LogP contribution < -0.4 is 0 Å². The Morgan fingerprint density at radius 2 is 0.528 bits per heavy atom. The Kier molecular flexibility index (Phi) is 27.3. The van der Waals surface area contributed by atoms with E-state index in [4.69, 9.17) is 99.5 Å². The summed E-state index contributed by atoms with van der Waals surface area (Å²) in [6.07, 6.45) is 1.67. The summed E-state index contributed by atoms with van der Waals surface area (Å²) >= 11 is 0. The van der Waals surface area contributed by atoms with Crippen molar-refractivity contribution in [1.29, 1.82) is 0 Å². The highest BCUT2D eigenvalue weighted by molar-refractivity contribution is 5.13. The lowest BCUT2D eigenvalue weighted by Crippen LogP contribution is -2.68. The van der Waals surface area contributed by atoms with Crippen LogP contribution in [0.3, 0.4) is 0 Å². The molecule has 6 spiro atoms. The Morgan fingerprint density at radius 3 is 0.911 bits per heavy atom. The molecule has 18 aliphatic rings. The van der Waals surface area contributed by atoms with Crippen LogP contribution in [0.15, 0.2) is 51.1 Å². The van der Waals surface area contributed by atoms with Gasteiger partial charge in [0.1, 0.15) is 92.1 Å². The maximum atomic E-state index is 10.4. The molecule has 0 radical (unpaired) electrons. The van der Waals surface area contributed by atoms with Gasteiger partial charge in [0, 0.05) is 126 Å². The van der Waals surface area contributed by atoms with Crippen molar-refractivity contribution >= 4 is 0 Å². The summed E-state index contributed by atoms with van der Waals surface area (Å²) in [6, 6.07) is -7.85. The molecule has 18 rings (SSSR count). The minimum absolute atomic E-state index is 0.0276. The van der Waals surface area contributed by atoms with Crippen LogP contribution in [0.5, 0.6) is 0 Å². The Hall–Kier alpha value is -7.74. The highest BCUT2D eigenvalue weighted by Gasteiger charge is 2.66. The Bertz CT molecular complexity index is 4080. The summed E-state index contributed by atoms with van der Waals surface area (Å²) in [5, 5.41) is 40.3. The van der Waals surface area contributed by atoms with E-state index in [1.165, 1.54) is 0 Å². The molecule has 51 nitrogen and oxygen atoms in total. The second-order valence-corrected chi connectivity index (χ2v) is 35.0. The molecule has 51 heteroatoms. The molecule has 0 amide bonds. The summed E-state index contributed by atoms with van der Waals surface area (Å²) in [5.74, 6) is -5.68. The molecule has 0 aromatic carbocycles. The van der Waals surface area contributed by atoms with Crippen LogP contribution in [0, 0.1) is 0 Å². The molecule has 666 valence electrons. The molecule has 10 heterocycles. The van der Waals surface area contributed by atoms with Crippen molar-refractivity contribution in [1.82, 2.24) is 0 Å². The summed E-state index contributed by atoms with van der Waals surface area (Å²) in [5.41, 5.74) is 97.3. The minimum atomic E-state index is -1.46. The fourth-order valence-electron chi connectivity index (χ4n) is 22.2. The van der Waals surface area contributed by atoms with E-state index in [-0.39, 0.29) is 32.7 Å². The van der Waals surface area contributed by atoms with Gasteiger partial charge >= 0.3 is 0 Å². The Morgan fingerprint density at radius 1 is 0.244 bits per heavy atom. The molecule has 30 atom stereocenters. The third kappa shape index (κ3) is 17.9. The van der Waals surface area contributed by atoms with Crippen molar-refractivity contribution < 1.29 is 99.5 Å². The van der Waals surface area contributed by atoms with Crippen molar-refractivity contribution in [3.05, 3.63) is 104 Å². The monoisotopic (exact) mass is 1720 g/mol. The van der Waals surface area contributed by atoms with Crippen molar-refractivity contribution in [2.45, 2.75) is 424 Å². The smallest absolute Gasteiger partial charge is 0.169 e. The number of fused-ring (bicyclic) bond motifs is 6. The first-order valence-electron chi connectivity index (χ1n) is 43.5. The number of hydrogen-bond donors (Lipinski definition) is 0. The lowest BCUT2D eigenvalue weighted by atomic mass is 9.84. The minimum Gasteiger partial charge on any atom is -0.357 e. The molecule has 0 aromatic heterocycles. The van der Waals surface area contributed by atoms with Gasteiger partial charge in [-0.1, -0.05) is 89.7 Å². The molecule has 0 bridgehead atoms. The predicted molar refractivity (Wildman–Crippen MR) is 411 cm³/mol. The summed E-state index contributed by atoms with van der Waals surface area (Å²) in [4.78, 5) is 30.8. The van der Waals surface area contributed by atoms with Gasteiger partial charge in [0.2, 0.25) is 0 Å². The van der Waals surface area contributed by atoms with Gasteiger partial charge in [-0.15, -0.1) is 0 Å². The van der Waals surface area contributed by atoms with Gasteiger partial charge in [-0.05, 0) is 145 Å². The molecule has 10 aliphatic heterocycles. The molecule has 10 saturated heterocycles. The predicted octanol–water partition coefficient (Wildman–Crippen LogP) is 15.1. The van der Waals surface area contributed by atoms with E-state index in [0.29, 0.717) is 77.0 Å². The first kappa shape index (κ1) is 87.3. The number of nitrogens with zero attached hydrogens (tertiary/aromatic N) is 30. The van der Waals surface area contributed by atoms with E-state index in [1.807, 2.05) is 0 Å². The normalized spacial score (nSPS) is 42.7. The molecular weight excluding hydrogens is 1620 g/mol. The maximum absolute atomic E-state index is 10.4. The fourth-order valence-corrected chi connectivity index (χ4v) is 22.2. The van der Waals surface area contributed by atoms with Gasteiger partial charge in [0.05, 0.1) is 86.6 Å². The van der Waals surface area contributed by atoms with Crippen LogP contribution in [0.25, 0.3) is 104 Å². The highest BCUT2D eigenvalue weighted by Crippen LogP contribution is 2.54. The summed E-state index contributed by atoms with van der Waals surface area (Å²) < 4.78 is 139. The molecule has 0 N–H and O–H groups in total. The van der Waals surface area contributed by atoms with Gasteiger partial charge in [0.15, 0.2) is 66.0 Å². The number of ether oxygens (including phenoxy) is 21. The topological polar surface area (TPSA) is 681 Å². The van der Waals surface area contributed by atoms with Gasteiger partial charge in [0.25, 0.3) is 0 Å². The number of rotatable bonds is 20. The second-order valence-electron chi connectivity index (χ2n) is 35.0. The fraction of sp³-hybridized carbons (Fsp3) is 1.00. The van der Waals surface area contributed by atoms with E-state index < -0.39 is 225 Å². The highest BCUT2D eigenvalue weighted by atomic mass is 16.8. The Balaban J connectivity index is 0.000000214. The van der Waals surface area contributed by atoms with Crippen LogP contribution in [-0.2, 0) is 99.5 Å². The van der Waals surface area contributed by atoms with Crippen molar-refractivity contribution in [3.8, 4) is 0 Å². The first-order chi connectivity index (χ1) is 60.2. The lowest BCUT2D eigenvalue weighted by molar-refractivity contribution is -0.404. The average Bonchev–Trinajstić information content (AvgIpc) is 1.61. The molecule has 123 heavy (non-hydrogen) atoms. The van der Waals surface area contributed by atoms with Crippen LogP contribution >= 0.6 is 0 Å². The largest absolute Gasteiger partial charge is 0.357 e. The van der Waals surface area contributed by atoms with Gasteiger partial charge in [-0.2, -0.15) is 0 Å². The third-order valence-electron chi connectivity index (χ3n) is 27.8. The zero-order valence-electron chi connectivity index (χ0n) is 67.8. The van der Waals surface area contributed by atoms with E-state index in [1.54, 1.807) is 0 Å². The van der Waals surface area contributed by atoms with E-state index in [0.717, 1.165) is 116 Å². The van der Waals surface area contributed by atoms with Crippen LogP contribution in [0.2, 0.25) is 0 Å². The SMILES string of the molecule is [N-]=[N+]=NC1C[C@@H](N=[N+]=[N-])C2OC3(CCCCC3)O[C@H]2[C@@H]1O[C@H]1OC2COC3(CCCCC3)O[C@H]2[C@H](OCO[C@@H]2C(N=[N+]=[N-])[C@@H](O[C@@H]3C(N=[N+]=[N-])O[C@@H](N=[N+]=[N-])C4OC5(CCCCC5)O[C@H]43)OC3COC4(CCCCC4)O[C@H]32)C1N=[N+]=[N-].[N-]=[N+]=NC1[C@@H](O[C@@H]2C(N=[N+]=[N-])C[C@@H](N=[N+]=[N-])C3OC4(CCCCC4)O[C@H]32)OC2COC3(CCCCC3)O[C@H]2[C@@H]1N=[N+]=[N-]. The standard InChI is InChI=1S/C48H68N18O15.C24H34N12O6/c49-61-55-25-21-26(56-62-50)32-37(79-47(76-32)17-9-3-10-18-47)31(25)73-43-29(57-63-51)35(33-27(71-43)22-69-45(77-33)13-5-1-6-14-45)67-24-68-36-30(58-64-52)44(72-28-23-70-46(78-34(28)36)15-7-2-8-16-46)74-39-38-40(42(60-66-54)75-41(39)59-65-53)81-48(80-38)19-11-4-12-20-48;25-33-29-13-11-14(30-34-26)19-21(42-24(40-19)9-5-2-6-10-24)18(13)39-22-17(32-36-28)16(31-35-27)20-15(38-22)12-37-23(41-20)7-3-1-4-8-23/h25-44H,1-24H2;13-22H,1-12H2/t25?,26-,27?,28?,29?,30?,31-,32?,33-,34-,35-,36-,37+,38+,39+,40?,41?,42-,43-,44-;13?,14-,15?,16-,17?,18-,19?,20-,21+,22-/m11/s1. The van der Waals surface area contributed by atoms with Crippen LogP contribution in [-0.4, -0.2) is 245 Å². The van der Waals surface area contributed by atoms with Crippen molar-refractivity contribution in [2.75, 3.05) is 26.6 Å². The summed E-state index contributed by atoms with van der Waals surface area (Å²) in [6.45, 7) is -0.310. The van der Waals surface area contributed by atoms with Crippen molar-refractivity contribution in [3.63, 3.8) is 0 Å². The van der Waals surface area contributed by atoms with E-state index in [9.17, 15) is 55.3 Å². The zero-order chi connectivity index (χ0) is 84.8. The van der Waals surface area contributed by atoms with Crippen molar-refractivity contribution in [2.24, 2.45) is 51.1 Å². The van der Waals surface area contributed by atoms with Gasteiger partial charge in [-0.25, -0.2) is 0 Å². The van der Waals surface area contributed by atoms with Crippen LogP contribution in [0.1, 0.15) is 205 Å². The van der Waals surface area contributed by atoms with Gasteiger partial charge < -0.3 is 99.5 Å². The molecule has 8 aliphatic carbocycles. The molecule has 0 aromatic rings. The quantitative estimate of drug-likeness (QED) is 0.0473. The molecule has 12 unspecified atom stereocenters. The number of azide groups is 10. The summed E-state index contributed by atoms with van der Waals surface area (Å²) in [7, 11) is 0. The van der Waals surface area contributed by atoms with E-state index >= 15 is 0 Å². The van der Waals surface area contributed by atoms with Gasteiger partial charge in [-0.3, -0.25) is 0 Å². The molecular formula is C72H102N30O21.